The van der Waals surface area contributed by atoms with Gasteiger partial charge < -0.3 is 15.5 Å². The monoisotopic (exact) mass is 422 g/mol. The van der Waals surface area contributed by atoms with E-state index in [2.05, 4.69) is 29.4 Å². The number of carbonyl (C=O) groups excluding carboxylic acids is 2. The van der Waals surface area contributed by atoms with E-state index in [1.165, 1.54) is 0 Å². The van der Waals surface area contributed by atoms with E-state index in [0.717, 1.165) is 51.7 Å². The molecule has 2 saturated heterocycles. The van der Waals surface area contributed by atoms with Gasteiger partial charge in [-0.25, -0.2) is 4.39 Å². The molecular weight excluding hydrogens is 383 g/mol. The number of alkyl halides is 1. The van der Waals surface area contributed by atoms with Crippen LogP contribution < -0.4 is 10.6 Å². The summed E-state index contributed by atoms with van der Waals surface area (Å²) >= 11 is 0. The molecule has 2 amide bonds. The van der Waals surface area contributed by atoms with E-state index in [1.807, 2.05) is 4.90 Å². The summed E-state index contributed by atoms with van der Waals surface area (Å²) in [5.41, 5.74) is 0. The topological polar surface area (TPSA) is 64.7 Å². The number of amides is 2. The van der Waals surface area contributed by atoms with Gasteiger partial charge in [-0.1, -0.05) is 6.92 Å². The van der Waals surface area contributed by atoms with E-state index in [0.29, 0.717) is 24.8 Å². The van der Waals surface area contributed by atoms with Gasteiger partial charge in [0.15, 0.2) is 0 Å². The first-order valence-corrected chi connectivity index (χ1v) is 12.0. The number of fused-ring (bicyclic) bond motifs is 1. The highest BCUT2D eigenvalue weighted by Gasteiger charge is 2.46. The number of nitrogens with one attached hydrogen (secondary N) is 2. The first kappa shape index (κ1) is 22.0. The van der Waals surface area contributed by atoms with Crippen molar-refractivity contribution in [2.24, 2.45) is 11.8 Å². The molecule has 0 aromatic carbocycles. The zero-order valence-electron chi connectivity index (χ0n) is 18.8. The standard InChI is InChI=1S/C23H39FN4O2/c1-14-7-8-20(24)19-12-21(26-22(14)19)23(30)25-17-5-4-6-18(11-17)27-9-10-28(16(3)29)15(2)13-27/h14-15,17-22,26H,4-13H2,1-3H3,(H,25,30)/t14?,15-,17+,18+,19?,20?,21?,22?/m0/s1. The fourth-order valence-corrected chi connectivity index (χ4v) is 6.51. The Morgan fingerprint density at radius 1 is 1.07 bits per heavy atom. The van der Waals surface area contributed by atoms with Crippen molar-refractivity contribution in [1.29, 1.82) is 0 Å². The predicted octanol–water partition coefficient (Wildman–Crippen LogP) is 2.08. The van der Waals surface area contributed by atoms with E-state index in [9.17, 15) is 14.0 Å². The van der Waals surface area contributed by atoms with Crippen LogP contribution in [0.25, 0.3) is 0 Å². The summed E-state index contributed by atoms with van der Waals surface area (Å²) < 4.78 is 14.4. The number of rotatable bonds is 3. The second-order valence-corrected chi connectivity index (χ2v) is 10.3. The molecule has 2 N–H and O–H groups in total. The first-order chi connectivity index (χ1) is 14.3. The SMILES string of the molecule is CC(=O)N1CCN([C@@H]2CCC[C@@H](NC(=O)C3CC4C(F)CCC(C)C4N3)C2)C[C@@H]1C. The van der Waals surface area contributed by atoms with Crippen LogP contribution in [0.2, 0.25) is 0 Å². The number of nitrogens with zero attached hydrogens (tertiary/aromatic N) is 2. The van der Waals surface area contributed by atoms with Crippen LogP contribution in [0.1, 0.15) is 65.7 Å². The van der Waals surface area contributed by atoms with E-state index in [-0.39, 0.29) is 41.9 Å². The molecule has 0 radical (unpaired) electrons. The summed E-state index contributed by atoms with van der Waals surface area (Å²) in [5.74, 6) is 0.645. The van der Waals surface area contributed by atoms with Crippen molar-refractivity contribution in [3.8, 4) is 0 Å². The van der Waals surface area contributed by atoms with Crippen LogP contribution in [0, 0.1) is 11.8 Å². The number of hydrogen-bond acceptors (Lipinski definition) is 4. The molecule has 4 rings (SSSR count). The van der Waals surface area contributed by atoms with Crippen molar-refractivity contribution in [1.82, 2.24) is 20.4 Å². The van der Waals surface area contributed by atoms with E-state index < -0.39 is 6.17 Å². The van der Waals surface area contributed by atoms with Gasteiger partial charge in [-0.2, -0.15) is 0 Å². The molecule has 4 fully saturated rings. The highest BCUT2D eigenvalue weighted by molar-refractivity contribution is 5.82. The normalized spacial score (nSPS) is 42.6. The molecule has 2 aliphatic heterocycles. The molecule has 7 heteroatoms. The average Bonchev–Trinajstić information content (AvgIpc) is 3.18. The highest BCUT2D eigenvalue weighted by atomic mass is 19.1. The van der Waals surface area contributed by atoms with Crippen LogP contribution >= 0.6 is 0 Å². The third-order valence-corrected chi connectivity index (χ3v) is 8.23. The van der Waals surface area contributed by atoms with Crippen LogP contribution in [0.15, 0.2) is 0 Å². The quantitative estimate of drug-likeness (QED) is 0.731. The summed E-state index contributed by atoms with van der Waals surface area (Å²) in [6, 6.07) is 0.796. The molecular formula is C23H39FN4O2. The van der Waals surface area contributed by atoms with Crippen molar-refractivity contribution >= 4 is 11.8 Å². The minimum Gasteiger partial charge on any atom is -0.352 e. The molecule has 5 unspecified atom stereocenters. The molecule has 0 aromatic rings. The maximum atomic E-state index is 14.4. The summed E-state index contributed by atoms with van der Waals surface area (Å²) in [4.78, 5) is 29.2. The lowest BCUT2D eigenvalue weighted by atomic mass is 9.77. The third-order valence-electron chi connectivity index (χ3n) is 8.23. The second kappa shape index (κ2) is 9.11. The lowest BCUT2D eigenvalue weighted by molar-refractivity contribution is -0.134. The third kappa shape index (κ3) is 4.52. The highest BCUT2D eigenvalue weighted by Crippen LogP contribution is 2.38. The molecule has 0 aromatic heterocycles. The Bertz CT molecular complexity index is 629. The summed E-state index contributed by atoms with van der Waals surface area (Å²) in [6.45, 7) is 8.57. The van der Waals surface area contributed by atoms with Gasteiger partial charge in [-0.05, 0) is 57.8 Å². The smallest absolute Gasteiger partial charge is 0.237 e. The van der Waals surface area contributed by atoms with Crippen LogP contribution in [0.5, 0.6) is 0 Å². The molecule has 4 aliphatic rings. The Morgan fingerprint density at radius 2 is 1.87 bits per heavy atom. The largest absolute Gasteiger partial charge is 0.352 e. The lowest BCUT2D eigenvalue weighted by Gasteiger charge is -2.45. The van der Waals surface area contributed by atoms with Gasteiger partial charge in [0.05, 0.1) is 6.04 Å². The van der Waals surface area contributed by atoms with E-state index in [4.69, 9.17) is 0 Å². The van der Waals surface area contributed by atoms with Crippen LogP contribution in [0.4, 0.5) is 4.39 Å². The Balaban J connectivity index is 1.29. The fourth-order valence-electron chi connectivity index (χ4n) is 6.51. The minimum absolute atomic E-state index is 0.0114. The molecule has 2 heterocycles. The Morgan fingerprint density at radius 3 is 2.57 bits per heavy atom. The van der Waals surface area contributed by atoms with E-state index >= 15 is 0 Å². The zero-order chi connectivity index (χ0) is 21.4. The van der Waals surface area contributed by atoms with Crippen LogP contribution in [-0.4, -0.2) is 77.6 Å². The summed E-state index contributed by atoms with van der Waals surface area (Å²) in [7, 11) is 0. The molecule has 30 heavy (non-hydrogen) atoms. The molecule has 0 bridgehead atoms. The number of carbonyl (C=O) groups is 2. The minimum atomic E-state index is -0.772. The van der Waals surface area contributed by atoms with Gasteiger partial charge in [0.1, 0.15) is 6.17 Å². The lowest BCUT2D eigenvalue weighted by Crippen LogP contribution is -2.58. The van der Waals surface area contributed by atoms with Crippen LogP contribution in [-0.2, 0) is 9.59 Å². The van der Waals surface area contributed by atoms with Gasteiger partial charge in [0, 0.05) is 56.6 Å². The molecule has 170 valence electrons. The summed E-state index contributed by atoms with van der Waals surface area (Å²) in [5, 5.41) is 6.75. The van der Waals surface area contributed by atoms with Gasteiger partial charge in [-0.3, -0.25) is 14.5 Å². The number of piperazine rings is 1. The van der Waals surface area contributed by atoms with Crippen molar-refractivity contribution < 1.29 is 14.0 Å². The maximum Gasteiger partial charge on any atom is 0.237 e. The number of hydrogen-bond donors (Lipinski definition) is 2. The predicted molar refractivity (Wildman–Crippen MR) is 115 cm³/mol. The zero-order valence-corrected chi connectivity index (χ0v) is 18.8. The van der Waals surface area contributed by atoms with Crippen molar-refractivity contribution in [3.63, 3.8) is 0 Å². The van der Waals surface area contributed by atoms with Crippen molar-refractivity contribution in [3.05, 3.63) is 0 Å². The maximum absolute atomic E-state index is 14.4. The average molecular weight is 423 g/mol. The summed E-state index contributed by atoms with van der Waals surface area (Å²) in [6.07, 6.45) is 5.67. The molecule has 2 saturated carbocycles. The van der Waals surface area contributed by atoms with E-state index in [1.54, 1.807) is 6.92 Å². The molecule has 0 spiro atoms. The first-order valence-electron chi connectivity index (χ1n) is 12.0. The van der Waals surface area contributed by atoms with Gasteiger partial charge >= 0.3 is 0 Å². The van der Waals surface area contributed by atoms with Gasteiger partial charge in [0.2, 0.25) is 11.8 Å². The molecule has 8 atom stereocenters. The molecule has 6 nitrogen and oxygen atoms in total. The van der Waals surface area contributed by atoms with Crippen molar-refractivity contribution in [2.45, 2.75) is 102 Å². The van der Waals surface area contributed by atoms with Gasteiger partial charge in [0.25, 0.3) is 0 Å². The second-order valence-electron chi connectivity index (χ2n) is 10.3. The Labute approximate surface area is 180 Å². The Hall–Kier alpha value is -1.21. The van der Waals surface area contributed by atoms with Gasteiger partial charge in [-0.15, -0.1) is 0 Å². The molecule has 2 aliphatic carbocycles. The van der Waals surface area contributed by atoms with Crippen molar-refractivity contribution in [2.75, 3.05) is 19.6 Å². The Kier molecular flexibility index (Phi) is 6.68. The van der Waals surface area contributed by atoms with Crippen LogP contribution in [0.3, 0.4) is 0 Å². The number of halogens is 1. The fraction of sp³-hybridized carbons (Fsp3) is 0.913.